The summed E-state index contributed by atoms with van der Waals surface area (Å²) in [5.41, 5.74) is 1.13. The second-order valence-corrected chi connectivity index (χ2v) is 5.44. The molecule has 1 aliphatic rings. The lowest BCUT2D eigenvalue weighted by Gasteiger charge is -2.29. The molecule has 2 aromatic rings. The number of ether oxygens (including phenoxy) is 1. The lowest BCUT2D eigenvalue weighted by Crippen LogP contribution is -2.58. The van der Waals surface area contributed by atoms with Gasteiger partial charge in [0.2, 0.25) is 11.8 Å². The number of methoxy groups -OCH3 is 1. The topological polar surface area (TPSA) is 114 Å². The average molecular weight is 353 g/mol. The fourth-order valence-corrected chi connectivity index (χ4v) is 2.41. The molecule has 0 aliphatic carbocycles. The number of amides is 4. The van der Waals surface area contributed by atoms with Gasteiger partial charge in [-0.2, -0.15) is 0 Å². The molecule has 9 heteroatoms. The number of rotatable bonds is 4. The van der Waals surface area contributed by atoms with Gasteiger partial charge in [-0.05, 0) is 24.6 Å². The summed E-state index contributed by atoms with van der Waals surface area (Å²) in [5.74, 6) is -2.16. The number of benzene rings is 1. The van der Waals surface area contributed by atoms with Crippen LogP contribution in [0.2, 0.25) is 0 Å². The van der Waals surface area contributed by atoms with Gasteiger partial charge in [0.1, 0.15) is 0 Å². The number of aromatic nitrogens is 2. The highest BCUT2D eigenvalue weighted by molar-refractivity contribution is 6.32. The summed E-state index contributed by atoms with van der Waals surface area (Å²) < 4.78 is 4.90. The van der Waals surface area contributed by atoms with Crippen molar-refractivity contribution in [3.8, 4) is 5.88 Å². The van der Waals surface area contributed by atoms with Crippen LogP contribution in [0.25, 0.3) is 0 Å². The lowest BCUT2D eigenvalue weighted by atomic mass is 10.0. The number of nitrogens with zero attached hydrogens (tertiary/aromatic N) is 4. The summed E-state index contributed by atoms with van der Waals surface area (Å²) >= 11 is 0. The Morgan fingerprint density at radius 1 is 1.15 bits per heavy atom. The number of nitrogens with one attached hydrogen (secondary N) is 1. The molecule has 9 nitrogen and oxygen atoms in total. The van der Waals surface area contributed by atoms with E-state index in [1.165, 1.54) is 13.2 Å². The predicted molar refractivity (Wildman–Crippen MR) is 92.4 cm³/mol. The van der Waals surface area contributed by atoms with Gasteiger partial charge in [0, 0.05) is 12.3 Å². The fraction of sp³-hybridized carbons (Fsp3) is 0.176. The van der Waals surface area contributed by atoms with Crippen LogP contribution in [0.3, 0.4) is 0 Å². The zero-order valence-corrected chi connectivity index (χ0v) is 14.0. The first-order valence-electron chi connectivity index (χ1n) is 7.67. The summed E-state index contributed by atoms with van der Waals surface area (Å²) in [6.45, 7) is 1.77. The summed E-state index contributed by atoms with van der Waals surface area (Å²) in [5, 5.41) is 9.71. The minimum absolute atomic E-state index is 0.200. The Balaban J connectivity index is 1.87. The van der Waals surface area contributed by atoms with E-state index < -0.39 is 23.8 Å². The number of carbonyl (C=O) groups is 3. The van der Waals surface area contributed by atoms with E-state index in [0.29, 0.717) is 11.6 Å². The molecule has 0 spiro atoms. The van der Waals surface area contributed by atoms with E-state index in [2.05, 4.69) is 20.5 Å². The van der Waals surface area contributed by atoms with Crippen molar-refractivity contribution in [1.29, 1.82) is 0 Å². The first kappa shape index (κ1) is 17.2. The van der Waals surface area contributed by atoms with Crippen LogP contribution in [0.4, 0.5) is 16.3 Å². The molecule has 2 heterocycles. The van der Waals surface area contributed by atoms with Gasteiger partial charge in [-0.15, -0.1) is 10.2 Å². The van der Waals surface area contributed by atoms with Crippen LogP contribution in [0.15, 0.2) is 41.4 Å². The maximum absolute atomic E-state index is 12.7. The van der Waals surface area contributed by atoms with E-state index in [1.807, 2.05) is 0 Å². The molecular weight excluding hydrogens is 338 g/mol. The molecule has 1 saturated heterocycles. The van der Waals surface area contributed by atoms with Crippen molar-refractivity contribution in [1.82, 2.24) is 15.5 Å². The predicted octanol–water partition coefficient (Wildman–Crippen LogP) is 1.40. The maximum atomic E-state index is 12.7. The molecule has 1 aliphatic heterocycles. The number of barbiturate groups is 1. The molecule has 1 atom stereocenters. The molecule has 26 heavy (non-hydrogen) atoms. The molecule has 132 valence electrons. The number of imide groups is 2. The minimum Gasteiger partial charge on any atom is -0.480 e. The van der Waals surface area contributed by atoms with Crippen LogP contribution in [0, 0.1) is 12.8 Å². The quantitative estimate of drug-likeness (QED) is 0.656. The molecule has 0 radical (unpaired) electrons. The standard InChI is InChI=1S/C17H15N5O4/c1-10-5-3-4-6-12(10)22-16(24)11(15(23)19-17(22)25)9-18-13-7-8-14(26-2)21-20-13/h3-9,11H,1-2H3,(H,19,23,25)/t11-/m0/s1. The van der Waals surface area contributed by atoms with Crippen molar-refractivity contribution in [2.45, 2.75) is 6.92 Å². The molecular formula is C17H15N5O4. The number of carbonyl (C=O) groups excluding carboxylic acids is 3. The molecule has 1 aromatic carbocycles. The number of para-hydroxylation sites is 1. The van der Waals surface area contributed by atoms with E-state index in [9.17, 15) is 14.4 Å². The first-order valence-corrected chi connectivity index (χ1v) is 7.67. The van der Waals surface area contributed by atoms with Crippen LogP contribution >= 0.6 is 0 Å². The Kier molecular flexibility index (Phi) is 4.70. The Morgan fingerprint density at radius 2 is 1.92 bits per heavy atom. The second kappa shape index (κ2) is 7.09. The molecule has 3 rings (SSSR count). The third-order valence-corrected chi connectivity index (χ3v) is 3.75. The van der Waals surface area contributed by atoms with E-state index in [4.69, 9.17) is 4.74 Å². The van der Waals surface area contributed by atoms with Crippen LogP contribution < -0.4 is 15.0 Å². The Labute approximate surface area is 148 Å². The number of urea groups is 1. The summed E-state index contributed by atoms with van der Waals surface area (Å²) in [4.78, 5) is 41.9. The molecule has 1 aromatic heterocycles. The van der Waals surface area contributed by atoms with Gasteiger partial charge in [0.15, 0.2) is 11.7 Å². The molecule has 1 fully saturated rings. The smallest absolute Gasteiger partial charge is 0.335 e. The third kappa shape index (κ3) is 3.27. The van der Waals surface area contributed by atoms with Crippen molar-refractivity contribution < 1.29 is 19.1 Å². The van der Waals surface area contributed by atoms with E-state index >= 15 is 0 Å². The first-order chi connectivity index (χ1) is 12.5. The van der Waals surface area contributed by atoms with E-state index in [1.54, 1.807) is 37.3 Å². The van der Waals surface area contributed by atoms with Crippen molar-refractivity contribution >= 4 is 35.6 Å². The Hall–Kier alpha value is -3.62. The van der Waals surface area contributed by atoms with Gasteiger partial charge in [-0.3, -0.25) is 14.9 Å². The van der Waals surface area contributed by atoms with Gasteiger partial charge >= 0.3 is 6.03 Å². The maximum Gasteiger partial charge on any atom is 0.335 e. The summed E-state index contributed by atoms with van der Waals surface area (Å²) in [6, 6.07) is 9.17. The largest absolute Gasteiger partial charge is 0.480 e. The van der Waals surface area contributed by atoms with Crippen LogP contribution in [-0.4, -0.2) is 41.4 Å². The van der Waals surface area contributed by atoms with Crippen molar-refractivity contribution in [3.05, 3.63) is 42.0 Å². The number of anilines is 1. The monoisotopic (exact) mass is 353 g/mol. The summed E-state index contributed by atoms with van der Waals surface area (Å²) in [7, 11) is 1.45. The fourth-order valence-electron chi connectivity index (χ4n) is 2.41. The van der Waals surface area contributed by atoms with Crippen LogP contribution in [0.1, 0.15) is 5.56 Å². The normalized spacial score (nSPS) is 17.5. The minimum atomic E-state index is -1.25. The number of hydrogen-bond donors (Lipinski definition) is 1. The number of hydrogen-bond acceptors (Lipinski definition) is 7. The molecule has 1 N–H and O–H groups in total. The van der Waals surface area contributed by atoms with Gasteiger partial charge in [-0.25, -0.2) is 14.7 Å². The lowest BCUT2D eigenvalue weighted by molar-refractivity contribution is -0.131. The molecule has 0 unspecified atom stereocenters. The van der Waals surface area contributed by atoms with E-state index in [0.717, 1.165) is 16.7 Å². The van der Waals surface area contributed by atoms with E-state index in [-0.39, 0.29) is 5.82 Å². The van der Waals surface area contributed by atoms with Crippen molar-refractivity contribution in [2.75, 3.05) is 12.0 Å². The summed E-state index contributed by atoms with van der Waals surface area (Å²) in [6.07, 6.45) is 1.14. The SMILES string of the molecule is COc1ccc(N=C[C@H]2C(=O)NC(=O)N(c3ccccc3C)C2=O)nn1. The molecule has 0 bridgehead atoms. The van der Waals surface area contributed by atoms with Crippen LogP contribution in [-0.2, 0) is 9.59 Å². The number of aryl methyl sites for hydroxylation is 1. The second-order valence-electron chi connectivity index (χ2n) is 5.44. The van der Waals surface area contributed by atoms with Gasteiger partial charge in [-0.1, -0.05) is 18.2 Å². The van der Waals surface area contributed by atoms with Gasteiger partial charge in [0.25, 0.3) is 5.91 Å². The molecule has 4 amide bonds. The highest BCUT2D eigenvalue weighted by Crippen LogP contribution is 2.24. The van der Waals surface area contributed by atoms with Crippen molar-refractivity contribution in [3.63, 3.8) is 0 Å². The molecule has 0 saturated carbocycles. The Bertz CT molecular complexity index is 894. The average Bonchev–Trinajstić information content (AvgIpc) is 2.63. The van der Waals surface area contributed by atoms with Crippen LogP contribution in [0.5, 0.6) is 5.88 Å². The zero-order chi connectivity index (χ0) is 18.7. The van der Waals surface area contributed by atoms with Gasteiger partial charge in [0.05, 0.1) is 12.8 Å². The highest BCUT2D eigenvalue weighted by atomic mass is 16.5. The van der Waals surface area contributed by atoms with Gasteiger partial charge < -0.3 is 4.74 Å². The van der Waals surface area contributed by atoms with Crippen molar-refractivity contribution in [2.24, 2.45) is 10.9 Å². The third-order valence-electron chi connectivity index (χ3n) is 3.75. The number of aliphatic imine (C=N–C) groups is 1. The highest BCUT2D eigenvalue weighted by Gasteiger charge is 2.40. The zero-order valence-electron chi connectivity index (χ0n) is 14.0. The Morgan fingerprint density at radius 3 is 2.58 bits per heavy atom.